The lowest BCUT2D eigenvalue weighted by Crippen LogP contribution is -2.43. The first kappa shape index (κ1) is 31.8. The van der Waals surface area contributed by atoms with Crippen molar-refractivity contribution >= 4 is 17.3 Å². The zero-order chi connectivity index (χ0) is 29.3. The molecule has 3 aromatic carbocycles. The van der Waals surface area contributed by atoms with Gasteiger partial charge in [0.25, 0.3) is 0 Å². The fraction of sp³-hybridized carbons (Fsp3) is 0.441. The van der Waals surface area contributed by atoms with Crippen molar-refractivity contribution in [1.29, 1.82) is 0 Å². The van der Waals surface area contributed by atoms with Crippen LogP contribution >= 0.6 is 0 Å². The summed E-state index contributed by atoms with van der Waals surface area (Å²) in [5.74, 6) is 2.72. The summed E-state index contributed by atoms with van der Waals surface area (Å²) in [5, 5.41) is 14.7. The maximum absolute atomic E-state index is 13.0. The lowest BCUT2D eigenvalue weighted by molar-refractivity contribution is -0.385. The summed E-state index contributed by atoms with van der Waals surface area (Å²) < 4.78 is 11.4. The molecule has 1 amide bonds. The molecule has 5 rings (SSSR count). The van der Waals surface area contributed by atoms with E-state index in [0.29, 0.717) is 32.0 Å². The highest BCUT2D eigenvalue weighted by Crippen LogP contribution is 2.32. The Morgan fingerprint density at radius 1 is 0.930 bits per heavy atom. The highest BCUT2D eigenvalue weighted by atomic mass is 16.6. The fourth-order valence-corrected chi connectivity index (χ4v) is 5.87. The van der Waals surface area contributed by atoms with E-state index in [1.807, 2.05) is 42.2 Å². The molecule has 2 aliphatic rings. The van der Waals surface area contributed by atoms with Crippen LogP contribution < -0.4 is 14.8 Å². The number of carbonyl (C=O) groups is 1. The molecule has 2 aliphatic heterocycles. The first-order chi connectivity index (χ1) is 20.5. The number of para-hydroxylation sites is 1. The van der Waals surface area contributed by atoms with Crippen LogP contribution in [-0.2, 0) is 4.79 Å². The molecule has 2 heterocycles. The number of nitrogens with zero attached hydrogens (tertiary/aromatic N) is 3. The van der Waals surface area contributed by atoms with Crippen molar-refractivity contribution in [2.45, 2.75) is 58.4 Å². The van der Waals surface area contributed by atoms with Gasteiger partial charge in [0.05, 0.1) is 11.5 Å². The highest BCUT2D eigenvalue weighted by Gasteiger charge is 2.25. The van der Waals surface area contributed by atoms with E-state index in [9.17, 15) is 14.9 Å². The Hall–Kier alpha value is -4.11. The first-order valence-electron chi connectivity index (χ1n) is 15.0. The normalized spacial score (nSPS) is 16.3. The van der Waals surface area contributed by atoms with Crippen LogP contribution in [0, 0.1) is 10.1 Å². The Kier molecular flexibility index (Phi) is 11.4. The summed E-state index contributed by atoms with van der Waals surface area (Å²) in [6, 6.07) is 23.4. The van der Waals surface area contributed by atoms with E-state index in [4.69, 9.17) is 9.47 Å². The summed E-state index contributed by atoms with van der Waals surface area (Å²) in [7, 11) is 0. The monoisotopic (exact) mass is 588 g/mol. The summed E-state index contributed by atoms with van der Waals surface area (Å²) in [6.45, 7) is 6.42. The van der Waals surface area contributed by atoms with E-state index in [1.54, 1.807) is 12.1 Å². The summed E-state index contributed by atoms with van der Waals surface area (Å²) in [5.41, 5.74) is 2.12. The largest absolute Gasteiger partial charge is 0.487 e. The van der Waals surface area contributed by atoms with Gasteiger partial charge in [-0.3, -0.25) is 14.9 Å². The summed E-state index contributed by atoms with van der Waals surface area (Å²) in [6.07, 6.45) is 4.42. The number of carbonyl (C=O) groups excluding carboxylic acids is 1. The molecule has 0 aliphatic carbocycles. The molecule has 0 atom stereocenters. The van der Waals surface area contributed by atoms with Crippen molar-refractivity contribution in [3.63, 3.8) is 0 Å². The molecule has 0 aromatic heterocycles. The molecule has 0 unspecified atom stereocenters. The minimum atomic E-state index is -0.428. The molecule has 9 heteroatoms. The molecule has 2 fully saturated rings. The van der Waals surface area contributed by atoms with Crippen molar-refractivity contribution < 1.29 is 19.2 Å². The second-order valence-electron chi connectivity index (χ2n) is 11.0. The van der Waals surface area contributed by atoms with E-state index >= 15 is 0 Å². The topological polar surface area (TPSA) is 97.2 Å². The van der Waals surface area contributed by atoms with E-state index in [2.05, 4.69) is 34.5 Å². The Morgan fingerprint density at radius 2 is 1.60 bits per heavy atom. The number of nitrogens with one attached hydrogen (secondary N) is 1. The molecular formula is C34H44N4O5. The standard InChI is InChI=1S/C33H40N4O5.CH4/c1-2-41-32-24-28(10-13-31(32)37(39)40)34-27-16-22-36(23-17-27)33(38)18-21-35-19-14-26(15-20-35)25-8-11-30(12-9-25)42-29-6-4-3-5-7-29;/h3-13,24,26-27,34H,2,14-23H2,1H3;1H4. The number of likely N-dealkylation sites (tertiary alicyclic amines) is 2. The highest BCUT2D eigenvalue weighted by molar-refractivity contribution is 5.76. The molecule has 2 saturated heterocycles. The number of ether oxygens (including phenoxy) is 2. The Bertz CT molecular complexity index is 1320. The van der Waals surface area contributed by atoms with Gasteiger partial charge in [-0.25, -0.2) is 0 Å². The zero-order valence-corrected chi connectivity index (χ0v) is 24.2. The molecule has 0 bridgehead atoms. The van der Waals surface area contributed by atoms with Crippen LogP contribution in [0.15, 0.2) is 72.8 Å². The van der Waals surface area contributed by atoms with Crippen molar-refractivity contribution in [1.82, 2.24) is 9.80 Å². The van der Waals surface area contributed by atoms with E-state index in [0.717, 1.165) is 62.5 Å². The predicted octanol–water partition coefficient (Wildman–Crippen LogP) is 7.09. The van der Waals surface area contributed by atoms with Crippen LogP contribution in [0.1, 0.15) is 57.9 Å². The molecule has 3 aromatic rings. The fourth-order valence-electron chi connectivity index (χ4n) is 5.87. The number of nitro groups is 1. The molecular weight excluding hydrogens is 544 g/mol. The van der Waals surface area contributed by atoms with Gasteiger partial charge in [0, 0.05) is 49.9 Å². The van der Waals surface area contributed by atoms with Gasteiger partial charge in [-0.2, -0.15) is 0 Å². The maximum Gasteiger partial charge on any atom is 0.311 e. The third kappa shape index (κ3) is 8.70. The Balaban J connectivity index is 0.00000423. The Labute approximate surface area is 254 Å². The van der Waals surface area contributed by atoms with Crippen LogP contribution in [-0.4, -0.2) is 66.0 Å². The number of nitro benzene ring substituents is 1. The van der Waals surface area contributed by atoms with Gasteiger partial charge in [-0.1, -0.05) is 37.8 Å². The molecule has 0 saturated carbocycles. The SMILES string of the molecule is C.CCOc1cc(NC2CCN(C(=O)CCN3CCC(c4ccc(Oc5ccccc5)cc4)CC3)CC2)ccc1[N+](=O)[O-]. The second kappa shape index (κ2) is 15.4. The lowest BCUT2D eigenvalue weighted by atomic mass is 9.89. The number of hydrogen-bond donors (Lipinski definition) is 1. The van der Waals surface area contributed by atoms with Gasteiger partial charge >= 0.3 is 5.69 Å². The molecule has 9 nitrogen and oxygen atoms in total. The molecule has 230 valence electrons. The quantitative estimate of drug-likeness (QED) is 0.189. The van der Waals surface area contributed by atoms with Crippen LogP contribution in [0.2, 0.25) is 0 Å². The average Bonchev–Trinajstić information content (AvgIpc) is 3.02. The predicted molar refractivity (Wildman–Crippen MR) is 170 cm³/mol. The van der Waals surface area contributed by atoms with Crippen LogP contribution in [0.3, 0.4) is 0 Å². The van der Waals surface area contributed by atoms with Crippen molar-refractivity contribution in [2.75, 3.05) is 44.6 Å². The number of amides is 1. The molecule has 0 spiro atoms. The van der Waals surface area contributed by atoms with Crippen molar-refractivity contribution in [3.05, 3.63) is 88.5 Å². The number of benzene rings is 3. The minimum Gasteiger partial charge on any atom is -0.487 e. The van der Waals surface area contributed by atoms with Crippen LogP contribution in [0.25, 0.3) is 0 Å². The van der Waals surface area contributed by atoms with E-state index < -0.39 is 4.92 Å². The van der Waals surface area contributed by atoms with Crippen molar-refractivity contribution in [3.8, 4) is 17.2 Å². The number of rotatable bonds is 11. The third-order valence-corrected chi connectivity index (χ3v) is 8.23. The van der Waals surface area contributed by atoms with Gasteiger partial charge < -0.3 is 24.6 Å². The molecule has 1 N–H and O–H groups in total. The van der Waals surface area contributed by atoms with Crippen molar-refractivity contribution in [2.24, 2.45) is 0 Å². The number of hydrogen-bond acceptors (Lipinski definition) is 7. The maximum atomic E-state index is 13.0. The van der Waals surface area contributed by atoms with Gasteiger partial charge in [-0.05, 0) is 87.5 Å². The summed E-state index contributed by atoms with van der Waals surface area (Å²) >= 11 is 0. The van der Waals surface area contributed by atoms with Gasteiger partial charge in [0.1, 0.15) is 11.5 Å². The number of anilines is 1. The van der Waals surface area contributed by atoms with Crippen LogP contribution in [0.4, 0.5) is 11.4 Å². The van der Waals surface area contributed by atoms with Gasteiger partial charge in [-0.15, -0.1) is 0 Å². The molecule has 0 radical (unpaired) electrons. The Morgan fingerprint density at radius 3 is 2.26 bits per heavy atom. The van der Waals surface area contributed by atoms with Crippen LogP contribution in [0.5, 0.6) is 17.2 Å². The first-order valence-corrected chi connectivity index (χ1v) is 15.0. The summed E-state index contributed by atoms with van der Waals surface area (Å²) in [4.78, 5) is 28.2. The van der Waals surface area contributed by atoms with E-state index in [1.165, 1.54) is 11.6 Å². The second-order valence-corrected chi connectivity index (χ2v) is 11.0. The van der Waals surface area contributed by atoms with E-state index in [-0.39, 0.29) is 30.8 Å². The zero-order valence-electron chi connectivity index (χ0n) is 24.2. The third-order valence-electron chi connectivity index (χ3n) is 8.23. The average molecular weight is 589 g/mol. The number of piperidine rings is 2. The lowest BCUT2D eigenvalue weighted by Gasteiger charge is -2.35. The van der Waals surface area contributed by atoms with Gasteiger partial charge in [0.2, 0.25) is 5.91 Å². The van der Waals surface area contributed by atoms with Gasteiger partial charge in [0.15, 0.2) is 5.75 Å². The smallest absolute Gasteiger partial charge is 0.311 e. The minimum absolute atomic E-state index is 0. The molecule has 43 heavy (non-hydrogen) atoms.